The molecule has 1 N–H and O–H groups in total. The van der Waals surface area contributed by atoms with Crippen LogP contribution in [0.2, 0.25) is 0 Å². The van der Waals surface area contributed by atoms with Crippen molar-refractivity contribution in [3.05, 3.63) is 94.6 Å². The zero-order chi connectivity index (χ0) is 27.1. The summed E-state index contributed by atoms with van der Waals surface area (Å²) in [5, 5.41) is 11.7. The summed E-state index contributed by atoms with van der Waals surface area (Å²) in [6.45, 7) is 8.17. The van der Waals surface area contributed by atoms with E-state index in [1.54, 1.807) is 6.07 Å². The Kier molecular flexibility index (Phi) is 6.87. The molecule has 1 aliphatic rings. The van der Waals surface area contributed by atoms with Crippen molar-refractivity contribution in [2.45, 2.75) is 39.2 Å². The maximum atomic E-state index is 13.6. The number of rotatable bonds is 5. The summed E-state index contributed by atoms with van der Waals surface area (Å²) in [7, 11) is 5.39. The fraction of sp³-hybridized carbons (Fsp3) is 0.290. The number of aliphatic hydroxyl groups excluding tert-OH is 1. The third kappa shape index (κ3) is 4.84. The van der Waals surface area contributed by atoms with Crippen molar-refractivity contribution in [1.29, 1.82) is 0 Å². The van der Waals surface area contributed by atoms with Crippen LogP contribution in [0, 0.1) is 6.92 Å². The number of methoxy groups -OCH3 is 1. The number of hydrogen-bond acceptors (Lipinski definition) is 5. The number of Topliss-reactive ketones (excluding diaryl/α,β-unsaturated/α-hetero) is 1. The second-order valence-electron chi connectivity index (χ2n) is 10.7. The molecule has 0 aromatic heterocycles. The molecule has 1 atom stereocenters. The fourth-order valence-electron chi connectivity index (χ4n) is 4.67. The van der Waals surface area contributed by atoms with E-state index in [0.717, 1.165) is 22.4 Å². The Labute approximate surface area is 218 Å². The average molecular weight is 499 g/mol. The highest BCUT2D eigenvalue weighted by atomic mass is 16.5. The standard InChI is InChI=1S/C31H34N2O4/c1-19-9-8-10-20(17-19)27-26(28(34)24-18-21(31(2,3)4)11-16-25(24)37-7)29(35)30(36)33(27)23-14-12-22(13-15-23)32(5)6/h8-18,27,34H,1-7H3/b28-26+. The number of benzene rings is 3. The molecule has 1 saturated heterocycles. The third-order valence-electron chi connectivity index (χ3n) is 6.77. The van der Waals surface area contributed by atoms with Crippen molar-refractivity contribution in [2.75, 3.05) is 31.0 Å². The lowest BCUT2D eigenvalue weighted by Crippen LogP contribution is -2.29. The van der Waals surface area contributed by atoms with Gasteiger partial charge in [0.05, 0.1) is 24.3 Å². The van der Waals surface area contributed by atoms with Crippen molar-refractivity contribution in [1.82, 2.24) is 0 Å². The van der Waals surface area contributed by atoms with E-state index >= 15 is 0 Å². The number of ether oxygens (including phenoxy) is 1. The van der Waals surface area contributed by atoms with Gasteiger partial charge in [0.2, 0.25) is 0 Å². The highest BCUT2D eigenvalue weighted by Crippen LogP contribution is 2.44. The lowest BCUT2D eigenvalue weighted by Gasteiger charge is -2.26. The first-order valence-electron chi connectivity index (χ1n) is 12.3. The summed E-state index contributed by atoms with van der Waals surface area (Å²) in [5.74, 6) is -1.24. The molecule has 0 bridgehead atoms. The van der Waals surface area contributed by atoms with Crippen LogP contribution in [-0.2, 0) is 15.0 Å². The lowest BCUT2D eigenvalue weighted by molar-refractivity contribution is -0.132. The van der Waals surface area contributed by atoms with Gasteiger partial charge in [-0.3, -0.25) is 14.5 Å². The molecule has 1 amide bonds. The van der Waals surface area contributed by atoms with Crippen LogP contribution in [0.5, 0.6) is 5.75 Å². The van der Waals surface area contributed by atoms with E-state index in [1.165, 1.54) is 12.0 Å². The molecule has 1 fully saturated rings. The number of aliphatic hydroxyl groups is 1. The van der Waals surface area contributed by atoms with Crippen molar-refractivity contribution in [3.63, 3.8) is 0 Å². The van der Waals surface area contributed by atoms with E-state index in [1.807, 2.05) is 86.6 Å². The molecule has 37 heavy (non-hydrogen) atoms. The van der Waals surface area contributed by atoms with Crippen molar-refractivity contribution < 1.29 is 19.4 Å². The summed E-state index contributed by atoms with van der Waals surface area (Å²) in [4.78, 5) is 30.5. The average Bonchev–Trinajstić information content (AvgIpc) is 3.13. The molecule has 1 heterocycles. The largest absolute Gasteiger partial charge is 0.507 e. The van der Waals surface area contributed by atoms with Crippen LogP contribution in [-0.4, -0.2) is 38.0 Å². The van der Waals surface area contributed by atoms with Crippen LogP contribution in [0.3, 0.4) is 0 Å². The molecule has 6 nitrogen and oxygen atoms in total. The third-order valence-corrected chi connectivity index (χ3v) is 6.77. The molecule has 192 valence electrons. The predicted molar refractivity (Wildman–Crippen MR) is 148 cm³/mol. The number of aryl methyl sites for hydroxylation is 1. The van der Waals surface area contributed by atoms with Gasteiger partial charge in [-0.05, 0) is 59.9 Å². The first-order valence-corrected chi connectivity index (χ1v) is 12.3. The van der Waals surface area contributed by atoms with E-state index < -0.39 is 17.7 Å². The lowest BCUT2D eigenvalue weighted by atomic mass is 9.85. The maximum absolute atomic E-state index is 13.6. The molecule has 1 aliphatic heterocycles. The summed E-state index contributed by atoms with van der Waals surface area (Å²) < 4.78 is 5.55. The number of carbonyl (C=O) groups excluding carboxylic acids is 2. The molecule has 0 radical (unpaired) electrons. The molecule has 3 aromatic carbocycles. The molecule has 0 saturated carbocycles. The second-order valence-corrected chi connectivity index (χ2v) is 10.7. The molecule has 1 unspecified atom stereocenters. The van der Waals surface area contributed by atoms with Gasteiger partial charge in [-0.15, -0.1) is 0 Å². The molecular formula is C31H34N2O4. The molecule has 4 rings (SSSR count). The Hall–Kier alpha value is -4.06. The van der Waals surface area contributed by atoms with Crippen LogP contribution in [0.15, 0.2) is 72.3 Å². The Balaban J connectivity index is 1.97. The van der Waals surface area contributed by atoms with Crippen LogP contribution >= 0.6 is 0 Å². The van der Waals surface area contributed by atoms with Gasteiger partial charge in [0.1, 0.15) is 11.5 Å². The van der Waals surface area contributed by atoms with Gasteiger partial charge in [-0.25, -0.2) is 0 Å². The quantitative estimate of drug-likeness (QED) is 0.266. The predicted octanol–water partition coefficient (Wildman–Crippen LogP) is 5.99. The van der Waals surface area contributed by atoms with E-state index in [-0.39, 0.29) is 16.7 Å². The van der Waals surface area contributed by atoms with Crippen molar-refractivity contribution in [3.8, 4) is 5.75 Å². The topological polar surface area (TPSA) is 70.1 Å². The highest BCUT2D eigenvalue weighted by molar-refractivity contribution is 6.51. The van der Waals surface area contributed by atoms with E-state index in [9.17, 15) is 14.7 Å². The minimum Gasteiger partial charge on any atom is -0.507 e. The summed E-state index contributed by atoms with van der Waals surface area (Å²) >= 11 is 0. The molecular weight excluding hydrogens is 464 g/mol. The van der Waals surface area contributed by atoms with Gasteiger partial charge >= 0.3 is 0 Å². The van der Waals surface area contributed by atoms with Gasteiger partial charge < -0.3 is 14.7 Å². The number of hydrogen-bond donors (Lipinski definition) is 1. The maximum Gasteiger partial charge on any atom is 0.300 e. The minimum atomic E-state index is -0.798. The normalized spacial score (nSPS) is 17.3. The summed E-state index contributed by atoms with van der Waals surface area (Å²) in [6.07, 6.45) is 0. The number of nitrogens with zero attached hydrogens (tertiary/aromatic N) is 2. The van der Waals surface area contributed by atoms with Crippen LogP contribution in [0.25, 0.3) is 5.76 Å². The number of carbonyl (C=O) groups is 2. The molecule has 6 heteroatoms. The van der Waals surface area contributed by atoms with E-state index in [4.69, 9.17) is 4.74 Å². The van der Waals surface area contributed by atoms with Crippen molar-refractivity contribution in [2.24, 2.45) is 0 Å². The zero-order valence-corrected chi connectivity index (χ0v) is 22.5. The first kappa shape index (κ1) is 26.0. The van der Waals surface area contributed by atoms with Gasteiger partial charge in [0.15, 0.2) is 0 Å². The Morgan fingerprint density at radius 1 is 0.973 bits per heavy atom. The van der Waals surface area contributed by atoms with Crippen LogP contribution in [0.4, 0.5) is 11.4 Å². The van der Waals surface area contributed by atoms with Gasteiger partial charge in [-0.1, -0.05) is 56.7 Å². The van der Waals surface area contributed by atoms with Crippen LogP contribution < -0.4 is 14.5 Å². The monoisotopic (exact) mass is 498 g/mol. The molecule has 3 aromatic rings. The Morgan fingerprint density at radius 2 is 1.65 bits per heavy atom. The van der Waals surface area contributed by atoms with E-state index in [2.05, 4.69) is 20.8 Å². The number of anilines is 2. The van der Waals surface area contributed by atoms with Crippen LogP contribution in [0.1, 0.15) is 49.1 Å². The second kappa shape index (κ2) is 9.77. The summed E-state index contributed by atoms with van der Waals surface area (Å²) in [6, 6.07) is 19.9. The molecule has 0 spiro atoms. The minimum absolute atomic E-state index is 0.0386. The van der Waals surface area contributed by atoms with Gasteiger partial charge in [0, 0.05) is 25.5 Å². The van der Waals surface area contributed by atoms with Gasteiger partial charge in [-0.2, -0.15) is 0 Å². The molecule has 0 aliphatic carbocycles. The SMILES string of the molecule is COc1ccc(C(C)(C)C)cc1/C(O)=C1\C(=O)C(=O)N(c2ccc(N(C)C)cc2)C1c1cccc(C)c1. The van der Waals surface area contributed by atoms with Gasteiger partial charge in [0.25, 0.3) is 11.7 Å². The number of ketones is 1. The zero-order valence-electron chi connectivity index (χ0n) is 22.5. The summed E-state index contributed by atoms with van der Waals surface area (Å²) in [5.41, 5.74) is 4.46. The Bertz CT molecular complexity index is 1380. The first-order chi connectivity index (χ1) is 17.4. The smallest absolute Gasteiger partial charge is 0.300 e. The van der Waals surface area contributed by atoms with E-state index in [0.29, 0.717) is 17.0 Å². The Morgan fingerprint density at radius 3 is 2.22 bits per heavy atom. The van der Waals surface area contributed by atoms with Crippen molar-refractivity contribution >= 4 is 28.8 Å². The fourth-order valence-corrected chi connectivity index (χ4v) is 4.67. The highest BCUT2D eigenvalue weighted by Gasteiger charge is 2.47. The number of amides is 1.